The molecule has 0 spiro atoms. The van der Waals surface area contributed by atoms with Crippen LogP contribution in [0.5, 0.6) is 5.88 Å². The van der Waals surface area contributed by atoms with Crippen molar-refractivity contribution in [3.8, 4) is 11.9 Å². The lowest BCUT2D eigenvalue weighted by molar-refractivity contribution is -0.118. The number of fused-ring (bicyclic) bond motifs is 3. The summed E-state index contributed by atoms with van der Waals surface area (Å²) in [6.45, 7) is -0.214. The van der Waals surface area contributed by atoms with E-state index in [0.29, 0.717) is 22.2 Å². The summed E-state index contributed by atoms with van der Waals surface area (Å²) in [5.74, 6) is 0.0403. The van der Waals surface area contributed by atoms with Gasteiger partial charge in [-0.25, -0.2) is 9.97 Å². The number of nitrogens with zero attached hydrogens (tertiary/aromatic N) is 3. The Morgan fingerprint density at radius 2 is 2.27 bits per heavy atom. The van der Waals surface area contributed by atoms with Crippen LogP contribution in [0.1, 0.15) is 22.4 Å². The molecule has 0 bridgehead atoms. The molecule has 3 aromatic rings. The van der Waals surface area contributed by atoms with Crippen molar-refractivity contribution in [2.45, 2.75) is 19.3 Å². The van der Waals surface area contributed by atoms with Gasteiger partial charge in [0.25, 0.3) is 5.91 Å². The van der Waals surface area contributed by atoms with Crippen molar-refractivity contribution in [1.29, 1.82) is 5.26 Å². The summed E-state index contributed by atoms with van der Waals surface area (Å²) in [6.07, 6.45) is 4.62. The van der Waals surface area contributed by atoms with Crippen LogP contribution in [-0.2, 0) is 17.6 Å². The molecule has 2 heterocycles. The van der Waals surface area contributed by atoms with Crippen molar-refractivity contribution in [3.05, 3.63) is 45.6 Å². The van der Waals surface area contributed by atoms with Crippen LogP contribution in [0.25, 0.3) is 10.2 Å². The Balaban J connectivity index is 1.52. The fourth-order valence-corrected chi connectivity index (χ4v) is 4.44. The average molecular weight is 385 g/mol. The maximum atomic E-state index is 12.2. The van der Waals surface area contributed by atoms with Gasteiger partial charge in [0.1, 0.15) is 17.2 Å². The van der Waals surface area contributed by atoms with Gasteiger partial charge in [-0.3, -0.25) is 4.79 Å². The summed E-state index contributed by atoms with van der Waals surface area (Å²) in [5.41, 5.74) is 1.93. The number of aromatic nitrogens is 2. The predicted octanol–water partition coefficient (Wildman–Crippen LogP) is 3.72. The van der Waals surface area contributed by atoms with Gasteiger partial charge >= 0.3 is 0 Å². The Kier molecular flexibility index (Phi) is 4.45. The number of halogens is 1. The van der Waals surface area contributed by atoms with Crippen LogP contribution < -0.4 is 10.1 Å². The third-order valence-electron chi connectivity index (χ3n) is 4.18. The van der Waals surface area contributed by atoms with Crippen LogP contribution in [0.15, 0.2) is 24.5 Å². The van der Waals surface area contributed by atoms with E-state index in [2.05, 4.69) is 15.3 Å². The van der Waals surface area contributed by atoms with E-state index in [1.807, 2.05) is 6.07 Å². The molecule has 6 nitrogen and oxygen atoms in total. The highest BCUT2D eigenvalue weighted by Crippen LogP contribution is 2.39. The number of hydrogen-bond donors (Lipinski definition) is 1. The van der Waals surface area contributed by atoms with E-state index in [1.54, 1.807) is 23.5 Å². The summed E-state index contributed by atoms with van der Waals surface area (Å²) in [7, 11) is 0. The maximum Gasteiger partial charge on any atom is 0.262 e. The molecule has 0 radical (unpaired) electrons. The summed E-state index contributed by atoms with van der Waals surface area (Å²) in [6, 6.07) is 6.71. The fraction of sp³-hybridized carbons (Fsp3) is 0.222. The summed E-state index contributed by atoms with van der Waals surface area (Å²) in [4.78, 5) is 23.0. The van der Waals surface area contributed by atoms with E-state index in [4.69, 9.17) is 21.6 Å². The largest absolute Gasteiger partial charge is 0.467 e. The number of aryl methyl sites for hydroxylation is 2. The van der Waals surface area contributed by atoms with Crippen molar-refractivity contribution < 1.29 is 9.53 Å². The van der Waals surface area contributed by atoms with Crippen LogP contribution in [0.4, 0.5) is 5.69 Å². The second kappa shape index (κ2) is 6.90. The molecule has 2 aromatic heterocycles. The van der Waals surface area contributed by atoms with Crippen molar-refractivity contribution in [2.75, 3.05) is 11.9 Å². The molecule has 4 rings (SSSR count). The molecule has 1 amide bonds. The second-order valence-corrected chi connectivity index (χ2v) is 7.37. The van der Waals surface area contributed by atoms with Gasteiger partial charge in [-0.05, 0) is 43.0 Å². The number of ether oxygens (including phenoxy) is 1. The van der Waals surface area contributed by atoms with E-state index in [-0.39, 0.29) is 12.5 Å². The Bertz CT molecular complexity index is 1060. The molecule has 0 fully saturated rings. The highest BCUT2D eigenvalue weighted by Gasteiger charge is 2.22. The fourth-order valence-electron chi connectivity index (χ4n) is 3.05. The SMILES string of the molecule is N#Cc1ccc(Cl)cc1NC(=O)COc1ncnc2sc3c(c12)CCC3. The topological polar surface area (TPSA) is 87.9 Å². The van der Waals surface area contributed by atoms with E-state index in [0.717, 1.165) is 29.5 Å². The third kappa shape index (κ3) is 3.09. The van der Waals surface area contributed by atoms with Gasteiger partial charge in [0.15, 0.2) is 6.61 Å². The third-order valence-corrected chi connectivity index (χ3v) is 5.62. The molecular weight excluding hydrogens is 372 g/mol. The van der Waals surface area contributed by atoms with Gasteiger partial charge in [0, 0.05) is 9.90 Å². The van der Waals surface area contributed by atoms with Gasteiger partial charge in [-0.1, -0.05) is 11.6 Å². The smallest absolute Gasteiger partial charge is 0.262 e. The van der Waals surface area contributed by atoms with Crippen LogP contribution in [0.2, 0.25) is 5.02 Å². The van der Waals surface area contributed by atoms with E-state index in [1.165, 1.54) is 22.8 Å². The second-order valence-electron chi connectivity index (χ2n) is 5.85. The Labute approximate surface area is 158 Å². The number of carbonyl (C=O) groups excluding carboxylic acids is 1. The zero-order valence-corrected chi connectivity index (χ0v) is 15.2. The average Bonchev–Trinajstić information content (AvgIpc) is 3.21. The van der Waals surface area contributed by atoms with Gasteiger partial charge < -0.3 is 10.1 Å². The van der Waals surface area contributed by atoms with Crippen molar-refractivity contribution >= 4 is 44.7 Å². The first kappa shape index (κ1) is 16.8. The Hall–Kier alpha value is -2.69. The molecule has 1 aromatic carbocycles. The molecular formula is C18H13ClN4O2S. The molecule has 0 aliphatic heterocycles. The summed E-state index contributed by atoms with van der Waals surface area (Å²) < 4.78 is 5.67. The molecule has 26 heavy (non-hydrogen) atoms. The van der Waals surface area contributed by atoms with E-state index in [9.17, 15) is 4.79 Å². The molecule has 0 saturated carbocycles. The van der Waals surface area contributed by atoms with Crippen LogP contribution in [0, 0.1) is 11.3 Å². The first-order valence-corrected chi connectivity index (χ1v) is 9.22. The van der Waals surface area contributed by atoms with Gasteiger partial charge in [0.2, 0.25) is 5.88 Å². The minimum Gasteiger partial charge on any atom is -0.467 e. The monoisotopic (exact) mass is 384 g/mol. The highest BCUT2D eigenvalue weighted by molar-refractivity contribution is 7.18. The van der Waals surface area contributed by atoms with E-state index < -0.39 is 0 Å². The number of nitriles is 1. The molecule has 0 atom stereocenters. The minimum absolute atomic E-state index is 0.214. The lowest BCUT2D eigenvalue weighted by atomic mass is 10.2. The first-order chi connectivity index (χ1) is 12.7. The quantitative estimate of drug-likeness (QED) is 0.740. The number of nitrogens with one attached hydrogen (secondary N) is 1. The molecule has 1 N–H and O–H groups in total. The minimum atomic E-state index is -0.387. The molecule has 1 aliphatic carbocycles. The molecule has 8 heteroatoms. The van der Waals surface area contributed by atoms with Crippen molar-refractivity contribution in [3.63, 3.8) is 0 Å². The van der Waals surface area contributed by atoms with Gasteiger partial charge in [-0.2, -0.15) is 5.26 Å². The van der Waals surface area contributed by atoms with Crippen molar-refractivity contribution in [1.82, 2.24) is 9.97 Å². The number of benzene rings is 1. The standard InChI is InChI=1S/C18H13ClN4O2S/c19-11-5-4-10(7-20)13(6-11)23-15(24)8-25-17-16-12-2-1-3-14(12)26-18(16)22-9-21-17/h4-6,9H,1-3,8H2,(H,23,24). The molecule has 0 unspecified atom stereocenters. The van der Waals surface area contributed by atoms with Crippen LogP contribution >= 0.6 is 22.9 Å². The summed E-state index contributed by atoms with van der Waals surface area (Å²) in [5, 5.41) is 13.1. The predicted molar refractivity (Wildman–Crippen MR) is 99.7 cm³/mol. The highest BCUT2D eigenvalue weighted by atomic mass is 35.5. The van der Waals surface area contributed by atoms with Crippen molar-refractivity contribution in [2.24, 2.45) is 0 Å². The van der Waals surface area contributed by atoms with Crippen LogP contribution in [-0.4, -0.2) is 22.5 Å². The van der Waals surface area contributed by atoms with Gasteiger partial charge in [-0.15, -0.1) is 11.3 Å². The number of amides is 1. The molecule has 1 aliphatic rings. The number of anilines is 1. The Morgan fingerprint density at radius 1 is 1.38 bits per heavy atom. The normalized spacial score (nSPS) is 12.6. The number of thiophene rings is 1. The summed E-state index contributed by atoms with van der Waals surface area (Å²) >= 11 is 7.59. The lowest BCUT2D eigenvalue weighted by Gasteiger charge is -2.09. The maximum absolute atomic E-state index is 12.2. The molecule has 130 valence electrons. The zero-order valence-electron chi connectivity index (χ0n) is 13.6. The number of rotatable bonds is 4. The Morgan fingerprint density at radius 3 is 3.12 bits per heavy atom. The zero-order chi connectivity index (χ0) is 18.1. The molecule has 0 saturated heterocycles. The first-order valence-electron chi connectivity index (χ1n) is 8.03. The van der Waals surface area contributed by atoms with E-state index >= 15 is 0 Å². The number of hydrogen-bond acceptors (Lipinski definition) is 6. The van der Waals surface area contributed by atoms with Crippen LogP contribution in [0.3, 0.4) is 0 Å². The van der Waals surface area contributed by atoms with Gasteiger partial charge in [0.05, 0.1) is 16.6 Å². The number of carbonyl (C=O) groups is 1. The lowest BCUT2D eigenvalue weighted by Crippen LogP contribution is -2.21.